The van der Waals surface area contributed by atoms with Crippen LogP contribution in [0.4, 0.5) is 13.2 Å². The van der Waals surface area contributed by atoms with Crippen LogP contribution in [0.25, 0.3) is 5.69 Å². The Hall–Kier alpha value is -2.74. The fourth-order valence-electron chi connectivity index (χ4n) is 2.15. The van der Waals surface area contributed by atoms with Gasteiger partial charge >= 0.3 is 6.36 Å². The Balaban J connectivity index is 1.66. The molecule has 5 nitrogen and oxygen atoms in total. The molecule has 0 saturated heterocycles. The van der Waals surface area contributed by atoms with Crippen LogP contribution in [0.3, 0.4) is 0 Å². The number of nitrogens with zero attached hydrogens (tertiary/aromatic N) is 3. The van der Waals surface area contributed by atoms with Crippen molar-refractivity contribution in [1.82, 2.24) is 14.8 Å². The minimum Gasteiger partial charge on any atom is -0.484 e. The van der Waals surface area contributed by atoms with Gasteiger partial charge in [-0.15, -0.1) is 18.3 Å². The minimum absolute atomic E-state index is 0.102. The molecule has 0 atom stereocenters. The number of aryl methyl sites for hydroxylation is 1. The van der Waals surface area contributed by atoms with Crippen molar-refractivity contribution in [3.8, 4) is 17.2 Å². The zero-order valence-electron chi connectivity index (χ0n) is 13.5. The van der Waals surface area contributed by atoms with Gasteiger partial charge in [0, 0.05) is 0 Å². The van der Waals surface area contributed by atoms with Crippen LogP contribution in [-0.2, 0) is 6.61 Å². The average molecular weight is 384 g/mol. The summed E-state index contributed by atoms with van der Waals surface area (Å²) in [6.45, 7) is 2.02. The molecule has 3 aromatic rings. The summed E-state index contributed by atoms with van der Waals surface area (Å²) in [7, 11) is 0. The molecule has 136 valence electrons. The summed E-state index contributed by atoms with van der Waals surface area (Å²) in [5.41, 5.74) is 1.55. The molecular weight excluding hydrogens is 371 g/mol. The second-order valence-corrected chi connectivity index (χ2v) is 5.78. The van der Waals surface area contributed by atoms with Gasteiger partial charge in [0.2, 0.25) is 0 Å². The third kappa shape index (κ3) is 4.66. The second kappa shape index (κ2) is 7.25. The second-order valence-electron chi connectivity index (χ2n) is 5.37. The van der Waals surface area contributed by atoms with Gasteiger partial charge in [-0.2, -0.15) is 0 Å². The fraction of sp³-hybridized carbons (Fsp3) is 0.176. The van der Waals surface area contributed by atoms with E-state index in [0.29, 0.717) is 22.3 Å². The maximum Gasteiger partial charge on any atom is 0.573 e. The predicted molar refractivity (Wildman–Crippen MR) is 88.6 cm³/mol. The van der Waals surface area contributed by atoms with Crippen molar-refractivity contribution in [3.05, 3.63) is 65.2 Å². The summed E-state index contributed by atoms with van der Waals surface area (Å²) in [6, 6.07) is 10.7. The summed E-state index contributed by atoms with van der Waals surface area (Å²) in [6.07, 6.45) is -3.29. The number of aromatic nitrogens is 3. The van der Waals surface area contributed by atoms with Crippen LogP contribution in [-0.4, -0.2) is 21.1 Å². The van der Waals surface area contributed by atoms with Crippen molar-refractivity contribution < 1.29 is 22.6 Å². The molecule has 3 rings (SSSR count). The predicted octanol–water partition coefficient (Wildman–Crippen LogP) is 4.71. The van der Waals surface area contributed by atoms with Gasteiger partial charge in [-0.05, 0) is 48.9 Å². The SMILES string of the molecule is Cc1ccc(OCc2ncn(-c3ccc(OC(F)(F)F)cc3)n2)c(Cl)c1. The van der Waals surface area contributed by atoms with E-state index in [9.17, 15) is 13.2 Å². The Morgan fingerprint density at radius 2 is 1.85 bits per heavy atom. The Bertz CT molecular complexity index is 895. The van der Waals surface area contributed by atoms with Gasteiger partial charge < -0.3 is 9.47 Å². The van der Waals surface area contributed by atoms with Gasteiger partial charge in [-0.1, -0.05) is 17.7 Å². The molecule has 0 radical (unpaired) electrons. The first kappa shape index (κ1) is 18.1. The first-order chi connectivity index (χ1) is 12.3. The molecule has 0 aliphatic rings. The number of rotatable bonds is 5. The van der Waals surface area contributed by atoms with Gasteiger partial charge in [0.15, 0.2) is 5.82 Å². The standard InChI is InChI=1S/C17H13ClF3N3O2/c1-11-2-7-15(14(18)8-11)25-9-16-22-10-24(23-16)12-3-5-13(6-4-12)26-17(19,20)21/h2-8,10H,9H2,1H3. The molecule has 0 spiro atoms. The summed E-state index contributed by atoms with van der Waals surface area (Å²) < 4.78 is 47.3. The summed E-state index contributed by atoms with van der Waals surface area (Å²) >= 11 is 6.09. The van der Waals surface area contributed by atoms with Crippen LogP contribution in [0.5, 0.6) is 11.5 Å². The average Bonchev–Trinajstić information content (AvgIpc) is 3.02. The smallest absolute Gasteiger partial charge is 0.484 e. The van der Waals surface area contributed by atoms with Gasteiger partial charge in [-0.3, -0.25) is 0 Å². The van der Waals surface area contributed by atoms with E-state index >= 15 is 0 Å². The molecule has 0 amide bonds. The number of ether oxygens (including phenoxy) is 2. The van der Waals surface area contributed by atoms with Crippen molar-refractivity contribution in [3.63, 3.8) is 0 Å². The largest absolute Gasteiger partial charge is 0.573 e. The van der Waals surface area contributed by atoms with Crippen LogP contribution in [0.15, 0.2) is 48.8 Å². The maximum absolute atomic E-state index is 12.2. The van der Waals surface area contributed by atoms with Crippen LogP contribution < -0.4 is 9.47 Å². The van der Waals surface area contributed by atoms with Crippen molar-refractivity contribution in [2.24, 2.45) is 0 Å². The minimum atomic E-state index is -4.73. The molecular formula is C17H13ClF3N3O2. The normalized spacial score (nSPS) is 11.4. The third-order valence-electron chi connectivity index (χ3n) is 3.32. The number of benzene rings is 2. The number of hydrogen-bond donors (Lipinski definition) is 0. The molecule has 0 N–H and O–H groups in total. The van der Waals surface area contributed by atoms with Crippen molar-refractivity contribution in [2.45, 2.75) is 19.9 Å². The summed E-state index contributed by atoms with van der Waals surface area (Å²) in [5.74, 6) is 0.610. The molecule has 2 aromatic carbocycles. The van der Waals surface area contributed by atoms with E-state index < -0.39 is 6.36 Å². The van der Waals surface area contributed by atoms with E-state index in [4.69, 9.17) is 16.3 Å². The highest BCUT2D eigenvalue weighted by Crippen LogP contribution is 2.26. The lowest BCUT2D eigenvalue weighted by Crippen LogP contribution is -2.17. The first-order valence-electron chi connectivity index (χ1n) is 7.46. The molecule has 1 heterocycles. The van der Waals surface area contributed by atoms with Gasteiger partial charge in [0.05, 0.1) is 10.7 Å². The number of alkyl halides is 3. The van der Waals surface area contributed by atoms with Gasteiger partial charge in [0.1, 0.15) is 24.4 Å². The Kier molecular flexibility index (Phi) is 5.03. The fourth-order valence-corrected chi connectivity index (χ4v) is 2.44. The summed E-state index contributed by atoms with van der Waals surface area (Å²) in [4.78, 5) is 4.11. The Morgan fingerprint density at radius 1 is 1.12 bits per heavy atom. The zero-order chi connectivity index (χ0) is 18.7. The van der Waals surface area contributed by atoms with Crippen LogP contribution >= 0.6 is 11.6 Å². The van der Waals surface area contributed by atoms with Crippen molar-refractivity contribution in [2.75, 3.05) is 0 Å². The third-order valence-corrected chi connectivity index (χ3v) is 3.61. The number of halogens is 4. The van der Waals surface area contributed by atoms with E-state index in [1.54, 1.807) is 12.1 Å². The quantitative estimate of drug-likeness (QED) is 0.640. The van der Waals surface area contributed by atoms with Crippen LogP contribution in [0, 0.1) is 6.92 Å². The molecule has 0 fully saturated rings. The molecule has 0 aliphatic carbocycles. The topological polar surface area (TPSA) is 49.2 Å². The maximum atomic E-state index is 12.2. The first-order valence-corrected chi connectivity index (χ1v) is 7.84. The van der Waals surface area contributed by atoms with Crippen molar-refractivity contribution in [1.29, 1.82) is 0 Å². The highest BCUT2D eigenvalue weighted by atomic mass is 35.5. The van der Waals surface area contributed by atoms with E-state index in [1.165, 1.54) is 35.3 Å². The molecule has 1 aromatic heterocycles. The molecule has 0 bridgehead atoms. The highest BCUT2D eigenvalue weighted by molar-refractivity contribution is 6.32. The summed E-state index contributed by atoms with van der Waals surface area (Å²) in [5, 5.41) is 4.71. The van der Waals surface area contributed by atoms with E-state index in [2.05, 4.69) is 14.8 Å². The zero-order valence-corrected chi connectivity index (χ0v) is 14.3. The Labute approximate surface area is 151 Å². The van der Waals surface area contributed by atoms with Crippen LogP contribution in [0.1, 0.15) is 11.4 Å². The molecule has 9 heteroatoms. The van der Waals surface area contributed by atoms with Crippen LogP contribution in [0.2, 0.25) is 5.02 Å². The van der Waals surface area contributed by atoms with E-state index in [1.807, 2.05) is 13.0 Å². The Morgan fingerprint density at radius 3 is 2.50 bits per heavy atom. The monoisotopic (exact) mass is 383 g/mol. The highest BCUT2D eigenvalue weighted by Gasteiger charge is 2.30. The van der Waals surface area contributed by atoms with Gasteiger partial charge in [-0.25, -0.2) is 9.67 Å². The lowest BCUT2D eigenvalue weighted by Gasteiger charge is -2.09. The lowest BCUT2D eigenvalue weighted by molar-refractivity contribution is -0.274. The molecule has 0 saturated carbocycles. The molecule has 0 aliphatic heterocycles. The van der Waals surface area contributed by atoms with Gasteiger partial charge in [0.25, 0.3) is 0 Å². The van der Waals surface area contributed by atoms with E-state index in [0.717, 1.165) is 5.56 Å². The lowest BCUT2D eigenvalue weighted by atomic mass is 10.2. The van der Waals surface area contributed by atoms with E-state index in [-0.39, 0.29) is 12.4 Å². The van der Waals surface area contributed by atoms with Crippen molar-refractivity contribution >= 4 is 11.6 Å². The number of hydrogen-bond acceptors (Lipinski definition) is 4. The molecule has 0 unspecified atom stereocenters. The molecule has 26 heavy (non-hydrogen) atoms.